The summed E-state index contributed by atoms with van der Waals surface area (Å²) in [6.07, 6.45) is 0.874. The SMILES string of the molecule is C[C@H]1C/C(=N/Nc2cc(Cl)cc(Cl)c2)c2cc(Cl)ccc2S1. The maximum Gasteiger partial charge on any atom is 0.0702 e. The highest BCUT2D eigenvalue weighted by Crippen LogP contribution is 2.36. The van der Waals surface area contributed by atoms with E-state index in [4.69, 9.17) is 34.8 Å². The van der Waals surface area contributed by atoms with Gasteiger partial charge in [-0.3, -0.25) is 5.43 Å². The normalized spacial score (nSPS) is 19.1. The van der Waals surface area contributed by atoms with Crippen LogP contribution in [0.1, 0.15) is 18.9 Å². The lowest BCUT2D eigenvalue weighted by Gasteiger charge is -2.22. The van der Waals surface area contributed by atoms with Crippen molar-refractivity contribution in [1.29, 1.82) is 0 Å². The zero-order valence-corrected chi connectivity index (χ0v) is 14.8. The van der Waals surface area contributed by atoms with Gasteiger partial charge in [0.05, 0.1) is 11.4 Å². The van der Waals surface area contributed by atoms with Gasteiger partial charge in [0, 0.05) is 37.2 Å². The van der Waals surface area contributed by atoms with Crippen molar-refractivity contribution in [3.8, 4) is 0 Å². The van der Waals surface area contributed by atoms with E-state index in [1.165, 1.54) is 4.90 Å². The molecule has 1 heterocycles. The van der Waals surface area contributed by atoms with Gasteiger partial charge in [-0.2, -0.15) is 5.10 Å². The van der Waals surface area contributed by atoms with Crippen molar-refractivity contribution in [1.82, 2.24) is 0 Å². The summed E-state index contributed by atoms with van der Waals surface area (Å²) < 4.78 is 0. The summed E-state index contributed by atoms with van der Waals surface area (Å²) in [5.74, 6) is 0. The summed E-state index contributed by atoms with van der Waals surface area (Å²) in [5.41, 5.74) is 5.87. The zero-order chi connectivity index (χ0) is 15.7. The molecule has 0 fully saturated rings. The third-order valence-corrected chi connectivity index (χ3v) is 5.09. The van der Waals surface area contributed by atoms with E-state index in [9.17, 15) is 0 Å². The number of hydrogen-bond donors (Lipinski definition) is 1. The molecule has 0 aromatic heterocycles. The minimum absolute atomic E-state index is 0.470. The van der Waals surface area contributed by atoms with E-state index in [2.05, 4.69) is 17.5 Å². The van der Waals surface area contributed by atoms with Crippen LogP contribution in [0.15, 0.2) is 46.4 Å². The van der Waals surface area contributed by atoms with E-state index in [1.807, 2.05) is 30.0 Å². The molecule has 0 spiro atoms. The third kappa shape index (κ3) is 3.72. The van der Waals surface area contributed by atoms with Crippen molar-refractivity contribution in [2.24, 2.45) is 5.10 Å². The van der Waals surface area contributed by atoms with Crippen LogP contribution in [-0.2, 0) is 0 Å². The van der Waals surface area contributed by atoms with Crippen LogP contribution in [0.3, 0.4) is 0 Å². The minimum atomic E-state index is 0.470. The van der Waals surface area contributed by atoms with Gasteiger partial charge in [-0.05, 0) is 36.4 Å². The second kappa shape index (κ2) is 6.71. The fraction of sp³-hybridized carbons (Fsp3) is 0.188. The van der Waals surface area contributed by atoms with Gasteiger partial charge in [0.25, 0.3) is 0 Å². The number of anilines is 1. The Kier molecular flexibility index (Phi) is 4.88. The molecule has 1 N–H and O–H groups in total. The molecule has 0 saturated carbocycles. The number of halogens is 3. The number of nitrogens with one attached hydrogen (secondary N) is 1. The molecule has 0 saturated heterocycles. The summed E-state index contributed by atoms with van der Waals surface area (Å²) in [7, 11) is 0. The van der Waals surface area contributed by atoms with Crippen molar-refractivity contribution < 1.29 is 0 Å². The monoisotopic (exact) mass is 370 g/mol. The van der Waals surface area contributed by atoms with Crippen LogP contribution in [0.25, 0.3) is 0 Å². The van der Waals surface area contributed by atoms with Crippen molar-refractivity contribution in [3.05, 3.63) is 57.0 Å². The molecule has 1 aliphatic heterocycles. The Labute approximate surface area is 148 Å². The molecule has 0 unspecified atom stereocenters. The first-order valence-corrected chi connectivity index (χ1v) is 8.78. The van der Waals surface area contributed by atoms with Crippen molar-refractivity contribution in [2.75, 3.05) is 5.43 Å². The highest BCUT2D eigenvalue weighted by Gasteiger charge is 2.21. The molecule has 0 amide bonds. The highest BCUT2D eigenvalue weighted by atomic mass is 35.5. The second-order valence-electron chi connectivity index (χ2n) is 5.10. The highest BCUT2D eigenvalue weighted by molar-refractivity contribution is 8.00. The molecule has 0 bridgehead atoms. The van der Waals surface area contributed by atoms with Gasteiger partial charge in [-0.1, -0.05) is 41.7 Å². The van der Waals surface area contributed by atoms with Crippen LogP contribution >= 0.6 is 46.6 Å². The van der Waals surface area contributed by atoms with Crippen molar-refractivity contribution in [3.63, 3.8) is 0 Å². The molecule has 2 aromatic carbocycles. The third-order valence-electron chi connectivity index (χ3n) is 3.24. The number of benzene rings is 2. The Morgan fingerprint density at radius 3 is 2.50 bits per heavy atom. The smallest absolute Gasteiger partial charge is 0.0702 e. The average Bonchev–Trinajstić information content (AvgIpc) is 2.44. The lowest BCUT2D eigenvalue weighted by Crippen LogP contribution is -2.17. The Balaban J connectivity index is 1.92. The van der Waals surface area contributed by atoms with Crippen molar-refractivity contribution >= 4 is 58.0 Å². The number of hydrogen-bond acceptors (Lipinski definition) is 3. The van der Waals surface area contributed by atoms with Crippen LogP contribution in [0.4, 0.5) is 5.69 Å². The molecular weight excluding hydrogens is 359 g/mol. The fourth-order valence-corrected chi connectivity index (χ4v) is 4.15. The Hall–Kier alpha value is -0.870. The standard InChI is InChI=1S/C16H13Cl3N2S/c1-9-4-15(14-8-10(17)2-3-16(14)22-9)21-20-13-6-11(18)5-12(19)7-13/h2-3,5-9,20H,4H2,1H3/b21-15-/t9-/m0/s1. The number of rotatable bonds is 2. The maximum absolute atomic E-state index is 6.12. The van der Waals surface area contributed by atoms with Gasteiger partial charge in [0.1, 0.15) is 0 Å². The lowest BCUT2D eigenvalue weighted by molar-refractivity contribution is 0.988. The van der Waals surface area contributed by atoms with Gasteiger partial charge >= 0.3 is 0 Å². The molecule has 1 atom stereocenters. The average molecular weight is 372 g/mol. The number of nitrogens with zero attached hydrogens (tertiary/aromatic N) is 1. The maximum atomic E-state index is 6.12. The number of fused-ring (bicyclic) bond motifs is 1. The second-order valence-corrected chi connectivity index (χ2v) is 7.89. The number of hydrazone groups is 1. The van der Waals surface area contributed by atoms with Gasteiger partial charge in [-0.25, -0.2) is 0 Å². The largest absolute Gasteiger partial charge is 0.278 e. The van der Waals surface area contributed by atoms with Crippen LogP contribution < -0.4 is 5.43 Å². The lowest BCUT2D eigenvalue weighted by atomic mass is 10.1. The molecule has 6 heteroatoms. The Morgan fingerprint density at radius 2 is 1.77 bits per heavy atom. The Morgan fingerprint density at radius 1 is 1.05 bits per heavy atom. The van der Waals surface area contributed by atoms with E-state index < -0.39 is 0 Å². The van der Waals surface area contributed by atoms with Crippen molar-refractivity contribution in [2.45, 2.75) is 23.5 Å². The topological polar surface area (TPSA) is 24.4 Å². The first-order chi connectivity index (χ1) is 10.5. The summed E-state index contributed by atoms with van der Waals surface area (Å²) >= 11 is 20.0. The summed E-state index contributed by atoms with van der Waals surface area (Å²) in [6, 6.07) is 11.2. The van der Waals surface area contributed by atoms with Gasteiger partial charge in [0.15, 0.2) is 0 Å². The van der Waals surface area contributed by atoms with Crippen LogP contribution in [-0.4, -0.2) is 11.0 Å². The molecule has 2 nitrogen and oxygen atoms in total. The number of thioether (sulfide) groups is 1. The minimum Gasteiger partial charge on any atom is -0.278 e. The predicted octanol–water partition coefficient (Wildman–Crippen LogP) is 6.35. The van der Waals surface area contributed by atoms with Crippen LogP contribution in [0, 0.1) is 0 Å². The van der Waals surface area contributed by atoms with Gasteiger partial charge in [-0.15, -0.1) is 11.8 Å². The molecule has 0 aliphatic carbocycles. The predicted molar refractivity (Wildman–Crippen MR) is 98.0 cm³/mol. The van der Waals surface area contributed by atoms with Crippen LogP contribution in [0.2, 0.25) is 15.1 Å². The van der Waals surface area contributed by atoms with Gasteiger partial charge < -0.3 is 0 Å². The molecular formula is C16H13Cl3N2S. The summed E-state index contributed by atoms with van der Waals surface area (Å²) in [4.78, 5) is 1.20. The fourth-order valence-electron chi connectivity index (χ4n) is 2.33. The molecule has 22 heavy (non-hydrogen) atoms. The van der Waals surface area contributed by atoms with E-state index in [0.29, 0.717) is 20.3 Å². The molecule has 0 radical (unpaired) electrons. The molecule has 3 rings (SSSR count). The Bertz CT molecular complexity index is 726. The zero-order valence-electron chi connectivity index (χ0n) is 11.7. The van der Waals surface area contributed by atoms with E-state index in [0.717, 1.165) is 23.4 Å². The van der Waals surface area contributed by atoms with Gasteiger partial charge in [0.2, 0.25) is 0 Å². The first-order valence-electron chi connectivity index (χ1n) is 6.76. The van der Waals surface area contributed by atoms with E-state index in [1.54, 1.807) is 18.2 Å². The molecule has 2 aromatic rings. The first kappa shape index (κ1) is 16.0. The quantitative estimate of drug-likeness (QED) is 0.622. The van der Waals surface area contributed by atoms with Crippen LogP contribution in [0.5, 0.6) is 0 Å². The summed E-state index contributed by atoms with van der Waals surface area (Å²) in [5, 5.41) is 6.88. The van der Waals surface area contributed by atoms with E-state index >= 15 is 0 Å². The summed E-state index contributed by atoms with van der Waals surface area (Å²) in [6.45, 7) is 2.19. The van der Waals surface area contributed by atoms with E-state index in [-0.39, 0.29) is 0 Å². The molecule has 1 aliphatic rings. The molecule has 114 valence electrons.